The highest BCUT2D eigenvalue weighted by molar-refractivity contribution is 5.87. The van der Waals surface area contributed by atoms with Crippen molar-refractivity contribution in [3.05, 3.63) is 41.3 Å². The van der Waals surface area contributed by atoms with Crippen molar-refractivity contribution in [2.24, 2.45) is 7.05 Å². The third-order valence-electron chi connectivity index (χ3n) is 8.33. The average molecular weight is 515 g/mol. The summed E-state index contributed by atoms with van der Waals surface area (Å²) in [6.07, 6.45) is 6.40. The Morgan fingerprint density at radius 3 is 2.66 bits per heavy atom. The molecule has 10 heteroatoms. The summed E-state index contributed by atoms with van der Waals surface area (Å²) < 4.78 is 9.62. The summed E-state index contributed by atoms with van der Waals surface area (Å²) in [5.74, 6) is 0.983. The number of carbonyl (C=O) groups excluding carboxylic acids is 1. The number of benzene rings is 1. The second-order valence-corrected chi connectivity index (χ2v) is 10.7. The Morgan fingerprint density at radius 1 is 1.18 bits per heavy atom. The van der Waals surface area contributed by atoms with E-state index in [9.17, 15) is 10.1 Å². The van der Waals surface area contributed by atoms with Crippen LogP contribution in [0.25, 0.3) is 11.1 Å². The summed E-state index contributed by atoms with van der Waals surface area (Å²) in [6.45, 7) is 7.33. The van der Waals surface area contributed by atoms with Crippen LogP contribution in [0.3, 0.4) is 0 Å². The van der Waals surface area contributed by atoms with Crippen LogP contribution in [0, 0.1) is 11.3 Å². The number of rotatable bonds is 3. The van der Waals surface area contributed by atoms with Crippen LogP contribution < -0.4 is 9.80 Å². The monoisotopic (exact) mass is 514 g/mol. The van der Waals surface area contributed by atoms with E-state index in [-0.39, 0.29) is 11.9 Å². The molecule has 3 aliphatic rings. The van der Waals surface area contributed by atoms with E-state index < -0.39 is 0 Å². The first-order chi connectivity index (χ1) is 18.4. The van der Waals surface area contributed by atoms with E-state index in [2.05, 4.69) is 45.7 Å². The van der Waals surface area contributed by atoms with E-state index in [1.165, 1.54) is 5.69 Å². The van der Waals surface area contributed by atoms with Gasteiger partial charge in [0.05, 0.1) is 41.8 Å². The van der Waals surface area contributed by atoms with Crippen LogP contribution in [-0.2, 0) is 29.5 Å². The fraction of sp³-hybridized carbons (Fsp3) is 0.500. The van der Waals surface area contributed by atoms with Gasteiger partial charge in [-0.05, 0) is 31.9 Å². The Balaban J connectivity index is 1.51. The molecule has 0 unspecified atom stereocenters. The first-order valence-corrected chi connectivity index (χ1v) is 13.4. The molecule has 1 amide bonds. The lowest BCUT2D eigenvalue weighted by molar-refractivity contribution is -0.129. The lowest BCUT2D eigenvalue weighted by Gasteiger charge is -2.41. The van der Waals surface area contributed by atoms with Crippen LogP contribution in [0.4, 0.5) is 17.2 Å². The van der Waals surface area contributed by atoms with Gasteiger partial charge in [-0.3, -0.25) is 14.2 Å². The number of aryl methyl sites for hydroxylation is 1. The Morgan fingerprint density at radius 2 is 1.97 bits per heavy atom. The average Bonchev–Trinajstić information content (AvgIpc) is 3.54. The van der Waals surface area contributed by atoms with Gasteiger partial charge in [-0.25, -0.2) is 0 Å². The lowest BCUT2D eigenvalue weighted by atomic mass is 9.97. The van der Waals surface area contributed by atoms with Crippen LogP contribution in [-0.4, -0.2) is 69.8 Å². The number of anilines is 3. The quantitative estimate of drug-likeness (QED) is 0.529. The van der Waals surface area contributed by atoms with Crippen LogP contribution in [0.15, 0.2) is 24.5 Å². The zero-order valence-electron chi connectivity index (χ0n) is 22.5. The minimum Gasteiger partial charge on any atom is -0.381 e. The van der Waals surface area contributed by atoms with Crippen molar-refractivity contribution < 1.29 is 9.53 Å². The molecular formula is C28H34N8O2. The number of ether oxygens (including phenoxy) is 1. The Kier molecular flexibility index (Phi) is 6.11. The maximum absolute atomic E-state index is 12.4. The zero-order valence-corrected chi connectivity index (χ0v) is 22.5. The van der Waals surface area contributed by atoms with Gasteiger partial charge in [-0.1, -0.05) is 0 Å². The summed E-state index contributed by atoms with van der Waals surface area (Å²) in [5, 5.41) is 19.7. The molecular weight excluding hydrogens is 480 g/mol. The molecule has 2 aromatic heterocycles. The number of fused-ring (bicyclic) bond motifs is 2. The number of likely N-dealkylation sites (N-methyl/N-ethyl adjacent to an activating group) is 1. The molecule has 0 spiro atoms. The fourth-order valence-corrected chi connectivity index (χ4v) is 6.04. The van der Waals surface area contributed by atoms with Crippen LogP contribution in [0.5, 0.6) is 0 Å². The number of amides is 1. The van der Waals surface area contributed by atoms with E-state index >= 15 is 0 Å². The zero-order chi connectivity index (χ0) is 26.6. The first kappa shape index (κ1) is 24.5. The predicted molar refractivity (Wildman–Crippen MR) is 144 cm³/mol. The molecule has 0 saturated carbocycles. The van der Waals surface area contributed by atoms with Gasteiger partial charge in [0.15, 0.2) is 5.82 Å². The second kappa shape index (κ2) is 9.48. The highest BCUT2D eigenvalue weighted by Gasteiger charge is 2.36. The van der Waals surface area contributed by atoms with Crippen molar-refractivity contribution in [2.75, 3.05) is 43.2 Å². The number of aromatic nitrogens is 4. The van der Waals surface area contributed by atoms with Crippen molar-refractivity contribution in [3.63, 3.8) is 0 Å². The third-order valence-corrected chi connectivity index (χ3v) is 8.33. The predicted octanol–water partition coefficient (Wildman–Crippen LogP) is 3.39. The minimum atomic E-state index is 0.0837. The Bertz CT molecular complexity index is 1430. The molecule has 38 heavy (non-hydrogen) atoms. The molecule has 3 aromatic rings. The van der Waals surface area contributed by atoms with E-state index in [1.807, 2.05) is 24.2 Å². The first-order valence-electron chi connectivity index (χ1n) is 13.4. The molecule has 1 fully saturated rings. The molecule has 0 aliphatic carbocycles. The van der Waals surface area contributed by atoms with Gasteiger partial charge in [0.2, 0.25) is 5.91 Å². The van der Waals surface area contributed by atoms with E-state index in [0.29, 0.717) is 24.7 Å². The number of hydrogen-bond donors (Lipinski definition) is 0. The maximum atomic E-state index is 12.4. The van der Waals surface area contributed by atoms with Gasteiger partial charge in [-0.2, -0.15) is 15.5 Å². The Labute approximate surface area is 223 Å². The topological polar surface area (TPSA) is 95.5 Å². The van der Waals surface area contributed by atoms with Crippen molar-refractivity contribution >= 4 is 23.1 Å². The molecule has 1 aromatic carbocycles. The van der Waals surface area contributed by atoms with E-state index in [1.54, 1.807) is 17.8 Å². The lowest BCUT2D eigenvalue weighted by Crippen LogP contribution is -2.44. The molecule has 198 valence electrons. The van der Waals surface area contributed by atoms with Crippen LogP contribution >= 0.6 is 0 Å². The third kappa shape index (κ3) is 4.02. The molecule has 1 saturated heterocycles. The van der Waals surface area contributed by atoms with Crippen molar-refractivity contribution in [2.45, 2.75) is 51.7 Å². The maximum Gasteiger partial charge on any atom is 0.219 e. The minimum absolute atomic E-state index is 0.0837. The summed E-state index contributed by atoms with van der Waals surface area (Å²) in [4.78, 5) is 18.8. The Hall–Kier alpha value is -3.84. The van der Waals surface area contributed by atoms with Crippen molar-refractivity contribution in [3.8, 4) is 17.2 Å². The molecule has 10 nitrogen and oxygen atoms in total. The summed E-state index contributed by atoms with van der Waals surface area (Å²) in [5.41, 5.74) is 6.76. The van der Waals surface area contributed by atoms with Crippen molar-refractivity contribution in [1.82, 2.24) is 24.5 Å². The molecule has 3 aliphatic heterocycles. The van der Waals surface area contributed by atoms with E-state index in [4.69, 9.17) is 9.84 Å². The smallest absolute Gasteiger partial charge is 0.219 e. The van der Waals surface area contributed by atoms with Gasteiger partial charge in [0.25, 0.3) is 0 Å². The normalized spacial score (nSPS) is 19.8. The molecule has 5 heterocycles. The largest absolute Gasteiger partial charge is 0.381 e. The molecule has 0 N–H and O–H groups in total. The standard InChI is InChI=1S/C28H34N8O2/c1-18-15-35(27-11-20(13-29)23(12-26(27)33(18)4)21-14-30-32(3)16-21)28-24-17-34(19(2)37)8-5-25(24)36(31-28)22-6-9-38-10-7-22/h11-12,14,16,18,22H,5-10,15,17H2,1-4H3/t18-/m0/s1. The number of carbonyl (C=O) groups is 1. The van der Waals surface area contributed by atoms with E-state index in [0.717, 1.165) is 72.9 Å². The molecule has 0 radical (unpaired) electrons. The second-order valence-electron chi connectivity index (χ2n) is 10.7. The molecule has 0 bridgehead atoms. The molecule has 6 rings (SSSR count). The van der Waals surface area contributed by atoms with Gasteiger partial charge in [0, 0.05) is 88.4 Å². The number of nitrogens with zero attached hydrogens (tertiary/aromatic N) is 8. The summed E-state index contributed by atoms with van der Waals surface area (Å²) in [6, 6.07) is 7.03. The number of hydrogen-bond acceptors (Lipinski definition) is 7. The van der Waals surface area contributed by atoms with Gasteiger partial charge >= 0.3 is 0 Å². The SMILES string of the molecule is CC(=O)N1CCc2c(c(N3C[C@H](C)N(C)c4cc(-c5cnn(C)c5)c(C#N)cc43)nn2C2CCOCC2)C1. The van der Waals surface area contributed by atoms with Crippen molar-refractivity contribution in [1.29, 1.82) is 5.26 Å². The molecule has 1 atom stereocenters. The summed E-state index contributed by atoms with van der Waals surface area (Å²) in [7, 11) is 3.99. The van der Waals surface area contributed by atoms with Gasteiger partial charge in [-0.15, -0.1) is 0 Å². The number of nitriles is 1. The van der Waals surface area contributed by atoms with Crippen LogP contribution in [0.1, 0.15) is 49.6 Å². The highest BCUT2D eigenvalue weighted by Crippen LogP contribution is 2.45. The van der Waals surface area contributed by atoms with Gasteiger partial charge < -0.3 is 19.4 Å². The van der Waals surface area contributed by atoms with Crippen LogP contribution in [0.2, 0.25) is 0 Å². The highest BCUT2D eigenvalue weighted by atomic mass is 16.5. The summed E-state index contributed by atoms with van der Waals surface area (Å²) >= 11 is 0. The van der Waals surface area contributed by atoms with Gasteiger partial charge in [0.1, 0.15) is 0 Å². The fourth-order valence-electron chi connectivity index (χ4n) is 6.04.